The first-order valence-electron chi connectivity index (χ1n) is 15.3. The molecular formula is C36H37ClN2O5S2. The first-order chi connectivity index (χ1) is 22.0. The minimum absolute atomic E-state index is 0.0481. The largest absolute Gasteiger partial charge is 0.498 e. The number of aryl methyl sites for hydroxylation is 2. The van der Waals surface area contributed by atoms with Crippen molar-refractivity contribution in [1.29, 1.82) is 0 Å². The summed E-state index contributed by atoms with van der Waals surface area (Å²) in [6.45, 7) is 6.01. The molecule has 10 heteroatoms. The van der Waals surface area contributed by atoms with Crippen LogP contribution in [0.2, 0.25) is 5.02 Å². The molecule has 3 atom stereocenters. The maximum Gasteiger partial charge on any atom is 0.244 e. The molecule has 6 rings (SSSR count). The van der Waals surface area contributed by atoms with E-state index in [4.69, 9.17) is 16.3 Å². The Balaban J connectivity index is 1.57. The van der Waals surface area contributed by atoms with E-state index in [2.05, 4.69) is 0 Å². The lowest BCUT2D eigenvalue weighted by molar-refractivity contribution is 0.118. The third-order valence-electron chi connectivity index (χ3n) is 8.86. The number of ether oxygens (including phenoxy) is 1. The molecule has 0 bridgehead atoms. The first-order valence-corrected chi connectivity index (χ1v) is 18.6. The van der Waals surface area contributed by atoms with Crippen molar-refractivity contribution in [1.82, 2.24) is 8.61 Å². The molecular weight excluding hydrogens is 640 g/mol. The van der Waals surface area contributed by atoms with Crippen molar-refractivity contribution in [3.05, 3.63) is 142 Å². The van der Waals surface area contributed by atoms with E-state index in [0.717, 1.165) is 16.7 Å². The van der Waals surface area contributed by atoms with Gasteiger partial charge in [-0.3, -0.25) is 0 Å². The summed E-state index contributed by atoms with van der Waals surface area (Å²) in [6.07, 6.45) is 0.416. The molecule has 1 saturated heterocycles. The van der Waals surface area contributed by atoms with E-state index in [1.54, 1.807) is 65.0 Å². The van der Waals surface area contributed by atoms with Gasteiger partial charge in [0.05, 0.1) is 40.3 Å². The van der Waals surface area contributed by atoms with Gasteiger partial charge in [-0.15, -0.1) is 0 Å². The second-order valence-corrected chi connectivity index (χ2v) is 16.0. The number of hydrogen-bond acceptors (Lipinski definition) is 5. The highest BCUT2D eigenvalue weighted by Gasteiger charge is 2.51. The van der Waals surface area contributed by atoms with Crippen molar-refractivity contribution >= 4 is 31.6 Å². The predicted octanol–water partition coefficient (Wildman–Crippen LogP) is 7.59. The van der Waals surface area contributed by atoms with Crippen LogP contribution in [0.25, 0.3) is 0 Å². The molecule has 2 aliphatic heterocycles. The van der Waals surface area contributed by atoms with Crippen LogP contribution in [0.1, 0.15) is 54.1 Å². The molecule has 2 unspecified atom stereocenters. The zero-order valence-electron chi connectivity index (χ0n) is 26.0. The van der Waals surface area contributed by atoms with Gasteiger partial charge in [-0.25, -0.2) is 16.8 Å². The van der Waals surface area contributed by atoms with E-state index in [0.29, 0.717) is 28.5 Å². The minimum atomic E-state index is -4.07. The SMILES string of the molecule is CCOC1=C2CN(S(=O)(=O)c3ccc(C)cc3)C(c3ccccc3Cl)C[C@@H]2N(S(=O)(=O)c2ccc(C)cc2)C(c2ccccc2)C1. The summed E-state index contributed by atoms with van der Waals surface area (Å²) in [5, 5.41) is 0.414. The van der Waals surface area contributed by atoms with Gasteiger partial charge in [0.2, 0.25) is 20.0 Å². The van der Waals surface area contributed by atoms with Crippen LogP contribution < -0.4 is 0 Å². The molecule has 0 radical (unpaired) electrons. The molecule has 2 heterocycles. The number of piperidine rings is 1. The maximum absolute atomic E-state index is 14.7. The second-order valence-electron chi connectivity index (χ2n) is 11.8. The second kappa shape index (κ2) is 13.0. The molecule has 46 heavy (non-hydrogen) atoms. The number of rotatable bonds is 8. The van der Waals surface area contributed by atoms with Crippen LogP contribution >= 0.6 is 11.6 Å². The summed E-state index contributed by atoms with van der Waals surface area (Å²) < 4.78 is 67.7. The summed E-state index contributed by atoms with van der Waals surface area (Å²) in [7, 11) is -8.11. The van der Waals surface area contributed by atoms with Gasteiger partial charge in [0.15, 0.2) is 0 Å². The van der Waals surface area contributed by atoms with E-state index >= 15 is 0 Å². The van der Waals surface area contributed by atoms with Crippen molar-refractivity contribution < 1.29 is 21.6 Å². The van der Waals surface area contributed by atoms with E-state index in [-0.39, 0.29) is 29.2 Å². The Hall–Kier alpha value is -3.47. The fourth-order valence-corrected chi connectivity index (χ4v) is 10.2. The van der Waals surface area contributed by atoms with Crippen molar-refractivity contribution in [2.24, 2.45) is 0 Å². The zero-order valence-corrected chi connectivity index (χ0v) is 28.4. The highest BCUT2D eigenvalue weighted by atomic mass is 35.5. The molecule has 7 nitrogen and oxygen atoms in total. The van der Waals surface area contributed by atoms with Gasteiger partial charge in [0.25, 0.3) is 0 Å². The third kappa shape index (κ3) is 6.02. The van der Waals surface area contributed by atoms with Crippen molar-refractivity contribution in [2.45, 2.75) is 61.5 Å². The van der Waals surface area contributed by atoms with Crippen molar-refractivity contribution in [3.63, 3.8) is 0 Å². The lowest BCUT2D eigenvalue weighted by Crippen LogP contribution is -2.55. The summed E-state index contributed by atoms with van der Waals surface area (Å²) in [4.78, 5) is 0.344. The zero-order chi connectivity index (χ0) is 32.6. The van der Waals surface area contributed by atoms with E-state index in [1.807, 2.05) is 63.2 Å². The van der Waals surface area contributed by atoms with Gasteiger partial charge in [-0.05, 0) is 68.7 Å². The Labute approximate surface area is 277 Å². The molecule has 0 amide bonds. The van der Waals surface area contributed by atoms with E-state index in [1.165, 1.54) is 4.31 Å². The van der Waals surface area contributed by atoms with Gasteiger partial charge < -0.3 is 4.74 Å². The monoisotopic (exact) mass is 676 g/mol. The molecule has 0 N–H and O–H groups in total. The predicted molar refractivity (Wildman–Crippen MR) is 180 cm³/mol. The number of sulfonamides is 2. The first kappa shape index (κ1) is 32.5. The molecule has 0 saturated carbocycles. The number of nitrogens with zero attached hydrogens (tertiary/aromatic N) is 2. The fraction of sp³-hybridized carbons (Fsp3) is 0.278. The van der Waals surface area contributed by atoms with Crippen molar-refractivity contribution in [3.8, 4) is 0 Å². The number of halogens is 1. The summed E-state index contributed by atoms with van der Waals surface area (Å²) in [5.41, 5.74) is 3.98. The lowest BCUT2D eigenvalue weighted by atomic mass is 9.84. The molecule has 0 aromatic heterocycles. The Morgan fingerprint density at radius 3 is 1.87 bits per heavy atom. The molecule has 4 aromatic carbocycles. The minimum Gasteiger partial charge on any atom is -0.498 e. The summed E-state index contributed by atoms with van der Waals surface area (Å²) >= 11 is 6.76. The van der Waals surface area contributed by atoms with E-state index < -0.39 is 38.2 Å². The van der Waals surface area contributed by atoms with Crippen LogP contribution in [-0.2, 0) is 24.8 Å². The van der Waals surface area contributed by atoms with Gasteiger partial charge in [0.1, 0.15) is 0 Å². The standard InChI is InChI=1S/C36H37ClN2O5S2/c1-4-44-36-23-33(27-10-6-5-7-11-27)39(46(42,43)29-20-16-26(3)17-21-29)35-22-34(30-12-8-9-13-32(30)37)38(24-31(35)36)45(40,41)28-18-14-25(2)15-19-28/h5-21,33-35H,4,22-24H2,1-3H3/t33?,34?,35-/m0/s1. The highest BCUT2D eigenvalue weighted by Crippen LogP contribution is 2.50. The van der Waals surface area contributed by atoms with Crippen LogP contribution in [0.15, 0.2) is 124 Å². The third-order valence-corrected chi connectivity index (χ3v) is 13.0. The smallest absolute Gasteiger partial charge is 0.244 e. The normalized spacial score (nSPS) is 21.2. The quantitative estimate of drug-likeness (QED) is 0.192. The van der Waals surface area contributed by atoms with Gasteiger partial charge in [-0.1, -0.05) is 95.5 Å². The molecule has 240 valence electrons. The number of fused-ring (bicyclic) bond motifs is 1. The Kier molecular flexibility index (Phi) is 9.15. The van der Waals surface area contributed by atoms with Gasteiger partial charge in [-0.2, -0.15) is 8.61 Å². The Bertz CT molecular complexity index is 1960. The molecule has 2 aliphatic rings. The average Bonchev–Trinajstić information content (AvgIpc) is 3.05. The topological polar surface area (TPSA) is 84.0 Å². The Morgan fingerprint density at radius 1 is 0.717 bits per heavy atom. The van der Waals surface area contributed by atoms with Crippen LogP contribution in [0.5, 0.6) is 0 Å². The van der Waals surface area contributed by atoms with E-state index in [9.17, 15) is 16.8 Å². The maximum atomic E-state index is 14.7. The van der Waals surface area contributed by atoms with Crippen LogP contribution in [0.4, 0.5) is 0 Å². The number of benzene rings is 4. The highest BCUT2D eigenvalue weighted by molar-refractivity contribution is 7.89. The van der Waals surface area contributed by atoms with Crippen LogP contribution in [-0.4, -0.2) is 44.6 Å². The number of hydrogen-bond donors (Lipinski definition) is 0. The average molecular weight is 677 g/mol. The molecule has 1 fully saturated rings. The van der Waals surface area contributed by atoms with Crippen LogP contribution in [0, 0.1) is 13.8 Å². The Morgan fingerprint density at radius 2 is 1.28 bits per heavy atom. The molecule has 0 aliphatic carbocycles. The summed E-state index contributed by atoms with van der Waals surface area (Å²) in [5.74, 6) is 0.624. The summed E-state index contributed by atoms with van der Waals surface area (Å²) in [6, 6.07) is 28.3. The van der Waals surface area contributed by atoms with Crippen LogP contribution in [0.3, 0.4) is 0 Å². The lowest BCUT2D eigenvalue weighted by Gasteiger charge is -2.49. The van der Waals surface area contributed by atoms with Gasteiger partial charge >= 0.3 is 0 Å². The molecule has 4 aromatic rings. The van der Waals surface area contributed by atoms with Gasteiger partial charge in [0, 0.05) is 23.6 Å². The van der Waals surface area contributed by atoms with Crippen molar-refractivity contribution in [2.75, 3.05) is 13.2 Å². The fourth-order valence-electron chi connectivity index (χ4n) is 6.56. The molecule has 0 spiro atoms.